The highest BCUT2D eigenvalue weighted by Crippen LogP contribution is 2.29. The van der Waals surface area contributed by atoms with E-state index in [2.05, 4.69) is 5.32 Å². The van der Waals surface area contributed by atoms with Crippen molar-refractivity contribution in [2.24, 2.45) is 11.8 Å². The van der Waals surface area contributed by atoms with Gasteiger partial charge < -0.3 is 5.32 Å². The average molecular weight is 284 g/mol. The van der Waals surface area contributed by atoms with Crippen LogP contribution in [-0.4, -0.2) is 38.9 Å². The predicted molar refractivity (Wildman–Crippen MR) is 70.4 cm³/mol. The van der Waals surface area contributed by atoms with Gasteiger partial charge in [0.15, 0.2) is 0 Å². The summed E-state index contributed by atoms with van der Waals surface area (Å²) in [5, 5.41) is 3.29. The molecule has 4 nitrogen and oxygen atoms in total. The van der Waals surface area contributed by atoms with E-state index in [0.717, 1.165) is 13.1 Å². The van der Waals surface area contributed by atoms with Gasteiger partial charge in [-0.3, -0.25) is 0 Å². The van der Waals surface area contributed by atoms with Gasteiger partial charge in [-0.15, -0.1) is 0 Å². The molecule has 0 bridgehead atoms. The monoisotopic (exact) mass is 284 g/mol. The molecular formula is C13H17FN2O2S. The fraction of sp³-hybridized carbons (Fsp3) is 0.538. The molecule has 2 atom stereocenters. The Morgan fingerprint density at radius 3 is 2.32 bits per heavy atom. The van der Waals surface area contributed by atoms with Gasteiger partial charge in [0.2, 0.25) is 10.0 Å². The maximum absolute atomic E-state index is 12.8. The molecule has 1 aromatic carbocycles. The van der Waals surface area contributed by atoms with Gasteiger partial charge in [0.25, 0.3) is 0 Å². The molecule has 3 rings (SSSR count). The van der Waals surface area contributed by atoms with Crippen molar-refractivity contribution in [2.75, 3.05) is 26.2 Å². The van der Waals surface area contributed by atoms with Crippen molar-refractivity contribution in [2.45, 2.75) is 5.75 Å². The van der Waals surface area contributed by atoms with Crippen molar-refractivity contribution >= 4 is 10.0 Å². The second kappa shape index (κ2) is 4.85. The first kappa shape index (κ1) is 13.0. The highest BCUT2D eigenvalue weighted by molar-refractivity contribution is 7.88. The van der Waals surface area contributed by atoms with Gasteiger partial charge in [0, 0.05) is 13.1 Å². The third kappa shape index (κ3) is 2.66. The molecule has 2 fully saturated rings. The van der Waals surface area contributed by atoms with Crippen LogP contribution in [0.3, 0.4) is 0 Å². The minimum absolute atomic E-state index is 0.0415. The van der Waals surface area contributed by atoms with Crippen molar-refractivity contribution in [1.29, 1.82) is 0 Å². The number of sulfonamides is 1. The van der Waals surface area contributed by atoms with E-state index in [0.29, 0.717) is 30.5 Å². The average Bonchev–Trinajstić information content (AvgIpc) is 2.92. The second-order valence-electron chi connectivity index (χ2n) is 5.38. The maximum Gasteiger partial charge on any atom is 0.218 e. The zero-order chi connectivity index (χ0) is 13.5. The highest BCUT2D eigenvalue weighted by Gasteiger charge is 2.40. The predicted octanol–water partition coefficient (Wildman–Crippen LogP) is 0.807. The topological polar surface area (TPSA) is 49.4 Å². The van der Waals surface area contributed by atoms with Crippen LogP contribution in [0.25, 0.3) is 0 Å². The van der Waals surface area contributed by atoms with Gasteiger partial charge in [0.05, 0.1) is 5.75 Å². The lowest BCUT2D eigenvalue weighted by Crippen LogP contribution is -2.32. The summed E-state index contributed by atoms with van der Waals surface area (Å²) < 4.78 is 39.1. The number of nitrogens with one attached hydrogen (secondary N) is 1. The van der Waals surface area contributed by atoms with Crippen LogP contribution in [0.15, 0.2) is 24.3 Å². The van der Waals surface area contributed by atoms with Crippen molar-refractivity contribution < 1.29 is 12.8 Å². The molecular weight excluding hydrogens is 267 g/mol. The molecule has 2 aliphatic heterocycles. The van der Waals surface area contributed by atoms with Crippen LogP contribution in [0, 0.1) is 17.7 Å². The van der Waals surface area contributed by atoms with Crippen LogP contribution >= 0.6 is 0 Å². The van der Waals surface area contributed by atoms with Crippen LogP contribution in [0.4, 0.5) is 4.39 Å². The lowest BCUT2D eigenvalue weighted by molar-refractivity contribution is 0.447. The van der Waals surface area contributed by atoms with Crippen molar-refractivity contribution in [3.63, 3.8) is 0 Å². The summed E-state index contributed by atoms with van der Waals surface area (Å²) in [6, 6.07) is 5.66. The third-order valence-electron chi connectivity index (χ3n) is 4.01. The maximum atomic E-state index is 12.8. The van der Waals surface area contributed by atoms with Crippen molar-refractivity contribution in [3.05, 3.63) is 35.6 Å². The fourth-order valence-electron chi connectivity index (χ4n) is 2.92. The molecule has 0 spiro atoms. The van der Waals surface area contributed by atoms with Gasteiger partial charge in [-0.1, -0.05) is 12.1 Å². The van der Waals surface area contributed by atoms with Gasteiger partial charge in [-0.05, 0) is 42.6 Å². The highest BCUT2D eigenvalue weighted by atomic mass is 32.2. The first-order chi connectivity index (χ1) is 9.04. The summed E-state index contributed by atoms with van der Waals surface area (Å²) in [6.07, 6.45) is 0. The largest absolute Gasteiger partial charge is 0.316 e. The molecule has 0 saturated carbocycles. The number of hydrogen-bond acceptors (Lipinski definition) is 3. The summed E-state index contributed by atoms with van der Waals surface area (Å²) >= 11 is 0. The molecule has 19 heavy (non-hydrogen) atoms. The molecule has 1 N–H and O–H groups in total. The first-order valence-electron chi connectivity index (χ1n) is 6.47. The Kier molecular flexibility index (Phi) is 3.32. The van der Waals surface area contributed by atoms with E-state index in [4.69, 9.17) is 0 Å². The smallest absolute Gasteiger partial charge is 0.218 e. The number of rotatable bonds is 3. The van der Waals surface area contributed by atoms with Crippen LogP contribution in [0.2, 0.25) is 0 Å². The quantitative estimate of drug-likeness (QED) is 0.893. The molecule has 2 heterocycles. The number of benzene rings is 1. The minimum Gasteiger partial charge on any atom is -0.316 e. The normalized spacial score (nSPS) is 27.6. The van der Waals surface area contributed by atoms with Crippen LogP contribution in [0.1, 0.15) is 5.56 Å². The molecule has 2 unspecified atom stereocenters. The Balaban J connectivity index is 1.71. The molecule has 104 valence electrons. The minimum atomic E-state index is -3.28. The standard InChI is InChI=1S/C13H17FN2O2S/c14-13-3-1-10(2-4-13)9-19(17,18)16-7-11-5-15-6-12(11)8-16/h1-4,11-12,15H,5-9H2. The summed E-state index contributed by atoms with van der Waals surface area (Å²) in [5.41, 5.74) is 0.636. The van der Waals surface area contributed by atoms with Gasteiger partial charge >= 0.3 is 0 Å². The fourth-order valence-corrected chi connectivity index (χ4v) is 4.56. The van der Waals surface area contributed by atoms with Gasteiger partial charge in [-0.2, -0.15) is 0 Å². The SMILES string of the molecule is O=S(=O)(Cc1ccc(F)cc1)N1CC2CNCC2C1. The molecule has 0 aromatic heterocycles. The third-order valence-corrected chi connectivity index (χ3v) is 5.79. The van der Waals surface area contributed by atoms with E-state index in [1.54, 1.807) is 4.31 Å². The van der Waals surface area contributed by atoms with Crippen LogP contribution in [0.5, 0.6) is 0 Å². The molecule has 2 aliphatic rings. The Morgan fingerprint density at radius 2 is 1.74 bits per heavy atom. The number of fused-ring (bicyclic) bond motifs is 1. The summed E-state index contributed by atoms with van der Waals surface area (Å²) in [7, 11) is -3.28. The lowest BCUT2D eigenvalue weighted by atomic mass is 10.0. The zero-order valence-corrected chi connectivity index (χ0v) is 11.4. The van der Waals surface area contributed by atoms with E-state index in [9.17, 15) is 12.8 Å². The molecule has 2 saturated heterocycles. The molecule has 0 amide bonds. The van der Waals surface area contributed by atoms with E-state index in [1.165, 1.54) is 24.3 Å². The Bertz CT molecular complexity index is 547. The molecule has 6 heteroatoms. The Hall–Kier alpha value is -0.980. The van der Waals surface area contributed by atoms with E-state index < -0.39 is 10.0 Å². The molecule has 0 aliphatic carbocycles. The van der Waals surface area contributed by atoms with Crippen LogP contribution in [-0.2, 0) is 15.8 Å². The van der Waals surface area contributed by atoms with Crippen molar-refractivity contribution in [1.82, 2.24) is 9.62 Å². The van der Waals surface area contributed by atoms with Crippen LogP contribution < -0.4 is 5.32 Å². The van der Waals surface area contributed by atoms with Crippen molar-refractivity contribution in [3.8, 4) is 0 Å². The first-order valence-corrected chi connectivity index (χ1v) is 8.08. The van der Waals surface area contributed by atoms with E-state index >= 15 is 0 Å². The van der Waals surface area contributed by atoms with E-state index in [-0.39, 0.29) is 11.6 Å². The van der Waals surface area contributed by atoms with E-state index in [1.807, 2.05) is 0 Å². The van der Waals surface area contributed by atoms with Gasteiger partial charge in [0.1, 0.15) is 5.82 Å². The number of halogens is 1. The van der Waals surface area contributed by atoms with Gasteiger partial charge in [-0.25, -0.2) is 17.1 Å². The summed E-state index contributed by atoms with van der Waals surface area (Å²) in [4.78, 5) is 0. The molecule has 0 radical (unpaired) electrons. The lowest BCUT2D eigenvalue weighted by Gasteiger charge is -2.17. The second-order valence-corrected chi connectivity index (χ2v) is 7.35. The number of nitrogens with zero attached hydrogens (tertiary/aromatic N) is 1. The summed E-state index contributed by atoms with van der Waals surface area (Å²) in [5.74, 6) is 0.508. The summed E-state index contributed by atoms with van der Waals surface area (Å²) in [6.45, 7) is 3.04. The number of hydrogen-bond donors (Lipinski definition) is 1. The Labute approximate surface area is 112 Å². The Morgan fingerprint density at radius 1 is 1.16 bits per heavy atom. The zero-order valence-electron chi connectivity index (χ0n) is 10.5. The molecule has 1 aromatic rings.